The minimum Gasteiger partial charge on any atom is -0.493 e. The molecule has 0 amide bonds. The number of hydrogen-bond acceptors (Lipinski definition) is 5. The van der Waals surface area contributed by atoms with Gasteiger partial charge >= 0.3 is 0 Å². The molecule has 104 valence electrons. The molecule has 19 heavy (non-hydrogen) atoms. The average molecular weight is 265 g/mol. The Morgan fingerprint density at radius 3 is 2.95 bits per heavy atom. The lowest BCUT2D eigenvalue weighted by Gasteiger charge is -2.27. The van der Waals surface area contributed by atoms with E-state index >= 15 is 0 Å². The van der Waals surface area contributed by atoms with Crippen molar-refractivity contribution >= 4 is 0 Å². The molecule has 2 aliphatic heterocycles. The van der Waals surface area contributed by atoms with E-state index in [4.69, 9.17) is 18.9 Å². The van der Waals surface area contributed by atoms with Crippen molar-refractivity contribution in [2.75, 3.05) is 40.1 Å². The van der Waals surface area contributed by atoms with Crippen LogP contribution in [-0.2, 0) is 19.8 Å². The molecule has 0 aromatic carbocycles. The van der Waals surface area contributed by atoms with Crippen molar-refractivity contribution in [2.24, 2.45) is 5.92 Å². The predicted octanol–water partition coefficient (Wildman–Crippen LogP) is 1.37. The molecule has 1 aromatic rings. The van der Waals surface area contributed by atoms with Crippen molar-refractivity contribution in [3.63, 3.8) is 0 Å². The molecule has 1 unspecified atom stereocenters. The Morgan fingerprint density at radius 2 is 2.32 bits per heavy atom. The lowest BCUT2D eigenvalue weighted by molar-refractivity contribution is -0.0510. The highest BCUT2D eigenvalue weighted by Crippen LogP contribution is 2.34. The van der Waals surface area contributed by atoms with Gasteiger partial charge in [-0.25, -0.2) is 0 Å². The summed E-state index contributed by atoms with van der Waals surface area (Å²) in [5, 5.41) is 0. The molecule has 5 heteroatoms. The molecule has 2 saturated heterocycles. The summed E-state index contributed by atoms with van der Waals surface area (Å²) in [6, 6.07) is 3.83. The first-order valence-corrected chi connectivity index (χ1v) is 6.62. The molecular formula is C14H19NO4. The Balaban J connectivity index is 1.71. The van der Waals surface area contributed by atoms with Crippen LogP contribution in [0.15, 0.2) is 18.3 Å². The number of rotatable bonds is 5. The fourth-order valence-corrected chi connectivity index (χ4v) is 2.36. The van der Waals surface area contributed by atoms with Crippen LogP contribution in [0.1, 0.15) is 12.1 Å². The van der Waals surface area contributed by atoms with Crippen LogP contribution >= 0.6 is 0 Å². The summed E-state index contributed by atoms with van der Waals surface area (Å²) >= 11 is 0. The molecule has 2 fully saturated rings. The summed E-state index contributed by atoms with van der Waals surface area (Å²) in [5.41, 5.74) is 0.466. The van der Waals surface area contributed by atoms with Gasteiger partial charge in [-0.15, -0.1) is 0 Å². The maximum Gasteiger partial charge on any atom is 0.135 e. The van der Waals surface area contributed by atoms with Gasteiger partial charge in [-0.3, -0.25) is 4.98 Å². The van der Waals surface area contributed by atoms with E-state index in [0.29, 0.717) is 25.7 Å². The van der Waals surface area contributed by atoms with E-state index < -0.39 is 5.60 Å². The van der Waals surface area contributed by atoms with Crippen LogP contribution in [0.25, 0.3) is 0 Å². The Labute approximate surface area is 112 Å². The highest BCUT2D eigenvalue weighted by Gasteiger charge is 2.38. The SMILES string of the molecule is COC1(c2cc(OCC3COC3)ccn2)CCOC1. The third-order valence-electron chi connectivity index (χ3n) is 3.77. The first-order valence-electron chi connectivity index (χ1n) is 6.62. The zero-order valence-electron chi connectivity index (χ0n) is 11.1. The van der Waals surface area contributed by atoms with Crippen LogP contribution in [0, 0.1) is 5.92 Å². The van der Waals surface area contributed by atoms with Gasteiger partial charge in [-0.05, 0) is 6.07 Å². The molecule has 3 rings (SSSR count). The van der Waals surface area contributed by atoms with Crippen LogP contribution in [0.5, 0.6) is 5.75 Å². The number of methoxy groups -OCH3 is 1. The molecular weight excluding hydrogens is 246 g/mol. The van der Waals surface area contributed by atoms with E-state index in [2.05, 4.69) is 4.98 Å². The van der Waals surface area contributed by atoms with Crippen molar-refractivity contribution < 1.29 is 18.9 Å². The van der Waals surface area contributed by atoms with Gasteiger partial charge in [0, 0.05) is 38.3 Å². The van der Waals surface area contributed by atoms with Gasteiger partial charge < -0.3 is 18.9 Å². The van der Waals surface area contributed by atoms with E-state index in [-0.39, 0.29) is 0 Å². The summed E-state index contributed by atoms with van der Waals surface area (Å²) < 4.78 is 22.0. The molecule has 0 bridgehead atoms. The lowest BCUT2D eigenvalue weighted by atomic mass is 9.98. The summed E-state index contributed by atoms with van der Waals surface area (Å²) in [5.74, 6) is 1.35. The van der Waals surface area contributed by atoms with Gasteiger partial charge in [0.2, 0.25) is 0 Å². The number of aromatic nitrogens is 1. The normalized spacial score (nSPS) is 27.2. The van der Waals surface area contributed by atoms with Crippen molar-refractivity contribution in [3.8, 4) is 5.75 Å². The average Bonchev–Trinajstić information content (AvgIpc) is 2.87. The smallest absolute Gasteiger partial charge is 0.135 e. The van der Waals surface area contributed by atoms with Crippen molar-refractivity contribution in [1.29, 1.82) is 0 Å². The van der Waals surface area contributed by atoms with Gasteiger partial charge in [0.15, 0.2) is 0 Å². The largest absolute Gasteiger partial charge is 0.493 e. The van der Waals surface area contributed by atoms with Crippen LogP contribution < -0.4 is 4.74 Å². The second-order valence-electron chi connectivity index (χ2n) is 5.09. The third-order valence-corrected chi connectivity index (χ3v) is 3.77. The molecule has 0 spiro atoms. The summed E-state index contributed by atoms with van der Waals surface area (Å²) in [7, 11) is 1.70. The fourth-order valence-electron chi connectivity index (χ4n) is 2.36. The fraction of sp³-hybridized carbons (Fsp3) is 0.643. The monoisotopic (exact) mass is 265 g/mol. The van der Waals surface area contributed by atoms with Gasteiger partial charge in [-0.2, -0.15) is 0 Å². The number of pyridine rings is 1. The maximum atomic E-state index is 5.78. The van der Waals surface area contributed by atoms with E-state index in [1.807, 2.05) is 12.1 Å². The van der Waals surface area contributed by atoms with Crippen LogP contribution in [-0.4, -0.2) is 45.1 Å². The molecule has 0 aliphatic carbocycles. The van der Waals surface area contributed by atoms with Crippen molar-refractivity contribution in [3.05, 3.63) is 24.0 Å². The summed E-state index contributed by atoms with van der Waals surface area (Å²) in [4.78, 5) is 4.42. The third kappa shape index (κ3) is 2.59. The van der Waals surface area contributed by atoms with Gasteiger partial charge in [0.1, 0.15) is 11.4 Å². The van der Waals surface area contributed by atoms with E-state index in [1.165, 1.54) is 0 Å². The van der Waals surface area contributed by atoms with Crippen LogP contribution in [0.3, 0.4) is 0 Å². The maximum absolute atomic E-state index is 5.78. The predicted molar refractivity (Wildman–Crippen MR) is 68.2 cm³/mol. The Bertz CT molecular complexity index is 427. The molecule has 0 radical (unpaired) electrons. The van der Waals surface area contributed by atoms with Crippen LogP contribution in [0.2, 0.25) is 0 Å². The minimum absolute atomic E-state index is 0.418. The molecule has 1 aromatic heterocycles. The standard InChI is InChI=1S/C14H19NO4/c1-16-14(3-5-17-10-14)13-6-12(2-4-15-13)19-9-11-7-18-8-11/h2,4,6,11H,3,5,7-10H2,1H3. The highest BCUT2D eigenvalue weighted by molar-refractivity contribution is 5.27. The second-order valence-corrected chi connectivity index (χ2v) is 5.09. The molecule has 3 heterocycles. The Kier molecular flexibility index (Phi) is 3.68. The summed E-state index contributed by atoms with van der Waals surface area (Å²) in [6.45, 7) is 3.55. The minimum atomic E-state index is -0.418. The molecule has 5 nitrogen and oxygen atoms in total. The molecule has 1 atom stereocenters. The zero-order chi connectivity index (χ0) is 13.1. The summed E-state index contributed by atoms with van der Waals surface area (Å²) in [6.07, 6.45) is 2.59. The number of hydrogen-bond donors (Lipinski definition) is 0. The Hall–Kier alpha value is -1.17. The topological polar surface area (TPSA) is 49.8 Å². The Morgan fingerprint density at radius 1 is 1.42 bits per heavy atom. The highest BCUT2D eigenvalue weighted by atomic mass is 16.5. The number of ether oxygens (including phenoxy) is 4. The molecule has 2 aliphatic rings. The molecule has 0 N–H and O–H groups in total. The number of nitrogens with zero attached hydrogens (tertiary/aromatic N) is 1. The first kappa shape index (κ1) is 12.8. The van der Waals surface area contributed by atoms with E-state index in [0.717, 1.165) is 31.1 Å². The van der Waals surface area contributed by atoms with Gasteiger partial charge in [0.05, 0.1) is 32.1 Å². The molecule has 0 saturated carbocycles. The van der Waals surface area contributed by atoms with Gasteiger partial charge in [0.25, 0.3) is 0 Å². The van der Waals surface area contributed by atoms with Crippen molar-refractivity contribution in [1.82, 2.24) is 4.98 Å². The van der Waals surface area contributed by atoms with Crippen molar-refractivity contribution in [2.45, 2.75) is 12.0 Å². The quantitative estimate of drug-likeness (QED) is 0.804. The van der Waals surface area contributed by atoms with E-state index in [1.54, 1.807) is 13.3 Å². The lowest BCUT2D eigenvalue weighted by Crippen LogP contribution is -2.33. The second kappa shape index (κ2) is 5.45. The zero-order valence-corrected chi connectivity index (χ0v) is 11.1. The van der Waals surface area contributed by atoms with E-state index in [9.17, 15) is 0 Å². The van der Waals surface area contributed by atoms with Crippen LogP contribution in [0.4, 0.5) is 0 Å². The first-order chi connectivity index (χ1) is 9.32. The van der Waals surface area contributed by atoms with Gasteiger partial charge in [-0.1, -0.05) is 0 Å².